The van der Waals surface area contributed by atoms with E-state index in [1.165, 1.54) is 22.4 Å². The summed E-state index contributed by atoms with van der Waals surface area (Å²) >= 11 is 0. The minimum Gasteiger partial charge on any atom is -0.529 e. The topological polar surface area (TPSA) is 152 Å². The second-order valence-corrected chi connectivity index (χ2v) is 10.2. The Morgan fingerprint density at radius 1 is 1.03 bits per heavy atom. The fourth-order valence-corrected chi connectivity index (χ4v) is 4.70. The highest BCUT2D eigenvalue weighted by atomic mass is 32.2. The standard InChI is InChI=1S/C19H21N3O.C8H9NO4S/c1-13-19(16-4-3-5-18(23)12-16)14(2)22(21-13)17-8-6-15(7-9-17)10-11-20;1-6-2-4-7(5-3-6)14(12,13)9-8(10)11/h3-9,12,23H,10-11,20H2,1-2H3;2-5,9H,1H3,(H,10,11). The van der Waals surface area contributed by atoms with E-state index < -0.39 is 16.1 Å². The maximum absolute atomic E-state index is 11.2. The highest BCUT2D eigenvalue weighted by molar-refractivity contribution is 7.90. The first kappa shape index (κ1) is 27.4. The lowest BCUT2D eigenvalue weighted by molar-refractivity contribution is -0.366. The van der Waals surface area contributed by atoms with E-state index in [2.05, 4.69) is 42.0 Å². The van der Waals surface area contributed by atoms with E-state index in [1.54, 1.807) is 31.2 Å². The number of phenols is 1. The fourth-order valence-electron chi connectivity index (χ4n) is 3.87. The van der Waals surface area contributed by atoms with Gasteiger partial charge in [-0.15, -0.1) is 0 Å². The van der Waals surface area contributed by atoms with Crippen LogP contribution in [0.5, 0.6) is 5.75 Å². The van der Waals surface area contributed by atoms with Crippen LogP contribution in [0.3, 0.4) is 0 Å². The number of phenolic OH excluding ortho intramolecular Hbond substituents is 1. The number of hydrogen-bond donors (Lipinski definition) is 3. The average molecular weight is 523 g/mol. The third-order valence-corrected chi connectivity index (χ3v) is 6.95. The third-order valence-electron chi connectivity index (χ3n) is 5.62. The van der Waals surface area contributed by atoms with Crippen LogP contribution in [0.1, 0.15) is 22.5 Å². The van der Waals surface area contributed by atoms with Crippen molar-refractivity contribution < 1.29 is 29.2 Å². The fraction of sp³-hybridized carbons (Fsp3) is 0.185. The number of amides is 1. The quantitative estimate of drug-likeness (QED) is 0.353. The summed E-state index contributed by atoms with van der Waals surface area (Å²) in [5, 5.41) is 24.5. The summed E-state index contributed by atoms with van der Waals surface area (Å²) in [6, 6.07) is 21.5. The summed E-state index contributed by atoms with van der Waals surface area (Å²) in [7, 11) is -3.99. The molecule has 1 heterocycles. The lowest BCUT2D eigenvalue weighted by Crippen LogP contribution is -2.51. The van der Waals surface area contributed by atoms with E-state index in [0.717, 1.165) is 46.7 Å². The molecule has 0 aliphatic heterocycles. The van der Waals surface area contributed by atoms with Crippen LogP contribution < -0.4 is 15.6 Å². The number of carbonyl (C=O) groups excluding carboxylic acids is 1. The molecule has 5 N–H and O–H groups in total. The molecule has 10 heteroatoms. The van der Waals surface area contributed by atoms with Crippen molar-refractivity contribution in [2.24, 2.45) is 0 Å². The third kappa shape index (κ3) is 6.96. The number of nitrogens with zero attached hydrogens (tertiary/aromatic N) is 2. The van der Waals surface area contributed by atoms with Gasteiger partial charge in [0.1, 0.15) is 11.8 Å². The Hall–Kier alpha value is -4.15. The molecule has 0 spiro atoms. The molecule has 0 atom stereocenters. The van der Waals surface area contributed by atoms with Crippen molar-refractivity contribution >= 4 is 16.1 Å². The van der Waals surface area contributed by atoms with E-state index in [-0.39, 0.29) is 10.6 Å². The molecular formula is C27H30N4O5S. The molecule has 4 rings (SSSR count). The van der Waals surface area contributed by atoms with Crippen LogP contribution in [-0.4, -0.2) is 35.9 Å². The molecule has 0 saturated heterocycles. The van der Waals surface area contributed by atoms with Gasteiger partial charge in [0, 0.05) is 17.7 Å². The molecule has 0 aliphatic carbocycles. The number of carboxylic acid groups (broad SMARTS) is 1. The number of benzene rings is 3. The molecule has 3 aromatic carbocycles. The number of aromatic hydroxyl groups is 1. The number of quaternary nitrogens is 1. The molecule has 194 valence electrons. The zero-order valence-electron chi connectivity index (χ0n) is 20.9. The van der Waals surface area contributed by atoms with Gasteiger partial charge in [-0.2, -0.15) is 5.10 Å². The van der Waals surface area contributed by atoms with Gasteiger partial charge in [-0.05, 0) is 68.3 Å². The van der Waals surface area contributed by atoms with Crippen molar-refractivity contribution in [3.05, 3.63) is 95.3 Å². The molecule has 0 radical (unpaired) electrons. The summed E-state index contributed by atoms with van der Waals surface area (Å²) < 4.78 is 25.7. The van der Waals surface area contributed by atoms with Crippen molar-refractivity contribution in [3.63, 3.8) is 0 Å². The van der Waals surface area contributed by atoms with Crippen LogP contribution in [-0.2, 0) is 16.4 Å². The van der Waals surface area contributed by atoms with Crippen molar-refractivity contribution in [1.29, 1.82) is 0 Å². The van der Waals surface area contributed by atoms with E-state index in [1.807, 2.05) is 23.7 Å². The molecule has 37 heavy (non-hydrogen) atoms. The summed E-state index contributed by atoms with van der Waals surface area (Å²) in [5.74, 6) is 0.270. The molecule has 0 fully saturated rings. The molecule has 9 nitrogen and oxygen atoms in total. The maximum atomic E-state index is 11.2. The second kappa shape index (κ2) is 11.7. The van der Waals surface area contributed by atoms with Gasteiger partial charge in [0.15, 0.2) is 0 Å². The van der Waals surface area contributed by atoms with Gasteiger partial charge in [-0.25, -0.2) is 13.1 Å². The van der Waals surface area contributed by atoms with Gasteiger partial charge >= 0.3 is 0 Å². The van der Waals surface area contributed by atoms with Crippen LogP contribution >= 0.6 is 0 Å². The van der Waals surface area contributed by atoms with Crippen LogP contribution in [0.2, 0.25) is 0 Å². The van der Waals surface area contributed by atoms with Gasteiger partial charge in [-0.3, -0.25) is 4.72 Å². The normalized spacial score (nSPS) is 10.9. The zero-order chi connectivity index (χ0) is 27.2. The maximum Gasteiger partial charge on any atom is 0.262 e. The van der Waals surface area contributed by atoms with E-state index in [4.69, 9.17) is 0 Å². The molecule has 0 aliphatic rings. The Bertz CT molecular complexity index is 1480. The van der Waals surface area contributed by atoms with Crippen molar-refractivity contribution in [1.82, 2.24) is 14.5 Å². The van der Waals surface area contributed by atoms with Gasteiger partial charge in [0.2, 0.25) is 0 Å². The SMILES string of the molecule is Cc1ccc(S(=O)(=O)NC(=O)[O-])cc1.Cc1nn(-c2ccc(CC[NH3+])cc2)c(C)c1-c1cccc(O)c1. The predicted molar refractivity (Wildman–Crippen MR) is 138 cm³/mol. The highest BCUT2D eigenvalue weighted by Gasteiger charge is 2.15. The summed E-state index contributed by atoms with van der Waals surface area (Å²) in [6.07, 6.45) is -0.850. The van der Waals surface area contributed by atoms with Gasteiger partial charge in [-0.1, -0.05) is 42.0 Å². The van der Waals surface area contributed by atoms with Crippen LogP contribution in [0.4, 0.5) is 4.79 Å². The number of sulfonamides is 1. The monoisotopic (exact) mass is 522 g/mol. The van der Waals surface area contributed by atoms with E-state index in [9.17, 15) is 23.4 Å². The number of aromatic nitrogens is 2. The molecule has 4 aromatic rings. The Morgan fingerprint density at radius 3 is 2.24 bits per heavy atom. The van der Waals surface area contributed by atoms with Crippen LogP contribution in [0, 0.1) is 20.8 Å². The smallest absolute Gasteiger partial charge is 0.262 e. The number of hydrogen-bond acceptors (Lipinski definition) is 6. The second-order valence-electron chi connectivity index (χ2n) is 8.48. The van der Waals surface area contributed by atoms with Crippen LogP contribution in [0.15, 0.2) is 77.7 Å². The Balaban J connectivity index is 0.000000233. The number of aryl methyl sites for hydroxylation is 2. The zero-order valence-corrected chi connectivity index (χ0v) is 21.7. The first-order valence-corrected chi connectivity index (χ1v) is 13.0. The largest absolute Gasteiger partial charge is 0.529 e. The first-order valence-electron chi connectivity index (χ1n) is 11.6. The van der Waals surface area contributed by atoms with Crippen molar-refractivity contribution in [2.45, 2.75) is 32.1 Å². The average Bonchev–Trinajstić information content (AvgIpc) is 3.13. The van der Waals surface area contributed by atoms with Crippen molar-refractivity contribution in [3.8, 4) is 22.6 Å². The molecule has 0 bridgehead atoms. The minimum atomic E-state index is -3.99. The lowest BCUT2D eigenvalue weighted by Gasteiger charge is -2.07. The van der Waals surface area contributed by atoms with Gasteiger partial charge < -0.3 is 20.7 Å². The Labute approximate surface area is 216 Å². The van der Waals surface area contributed by atoms with E-state index >= 15 is 0 Å². The molecule has 1 aromatic heterocycles. The molecule has 1 amide bonds. The van der Waals surface area contributed by atoms with Gasteiger partial charge in [0.05, 0.1) is 22.8 Å². The summed E-state index contributed by atoms with van der Waals surface area (Å²) in [5.41, 5.74) is 11.2. The molecule has 0 unspecified atom stereocenters. The van der Waals surface area contributed by atoms with Gasteiger partial charge in [0.25, 0.3) is 10.0 Å². The lowest BCUT2D eigenvalue weighted by atomic mass is 10.0. The number of rotatable bonds is 6. The summed E-state index contributed by atoms with van der Waals surface area (Å²) in [6.45, 7) is 6.76. The predicted octanol–water partition coefficient (Wildman–Crippen LogP) is 2.26. The molecule has 0 saturated carbocycles. The number of carbonyl (C=O) groups is 1. The van der Waals surface area contributed by atoms with Crippen molar-refractivity contribution in [2.75, 3.05) is 6.54 Å². The summed E-state index contributed by atoms with van der Waals surface area (Å²) in [4.78, 5) is 9.95. The minimum absolute atomic E-state index is 0.104. The van der Waals surface area contributed by atoms with E-state index in [0.29, 0.717) is 0 Å². The number of nitrogens with one attached hydrogen (secondary N) is 1. The Morgan fingerprint density at radius 2 is 1.68 bits per heavy atom. The Kier molecular flexibility index (Phi) is 8.69. The molecular weight excluding hydrogens is 492 g/mol. The first-order chi connectivity index (χ1) is 17.5. The van der Waals surface area contributed by atoms with Crippen LogP contribution in [0.25, 0.3) is 16.8 Å². The highest BCUT2D eigenvalue weighted by Crippen LogP contribution is 2.30.